The summed E-state index contributed by atoms with van der Waals surface area (Å²) in [6.45, 7) is 3.31. The van der Waals surface area contributed by atoms with Crippen LogP contribution in [0.3, 0.4) is 0 Å². The third-order valence-electron chi connectivity index (χ3n) is 6.64. The standard InChI is InChI=1S/C28H29NO3/c1-19-4-5-21(14-24(19)22-8-6-20(7-9-22)17-29(2)3)15-27(30)28(12-13-28)23-10-11-25-26(16-23)32-18-31-25/h4-11,14,16H,12-13,15,17-18H2,1-3H3. The summed E-state index contributed by atoms with van der Waals surface area (Å²) in [4.78, 5) is 15.6. The number of ketones is 1. The summed E-state index contributed by atoms with van der Waals surface area (Å²) in [6, 6.07) is 21.1. The molecule has 32 heavy (non-hydrogen) atoms. The minimum Gasteiger partial charge on any atom is -0.454 e. The molecule has 0 atom stereocenters. The smallest absolute Gasteiger partial charge is 0.231 e. The van der Waals surface area contributed by atoms with E-state index in [4.69, 9.17) is 9.47 Å². The Morgan fingerprint density at radius 2 is 1.62 bits per heavy atom. The predicted molar refractivity (Wildman–Crippen MR) is 126 cm³/mol. The predicted octanol–water partition coefficient (Wildman–Crippen LogP) is 5.30. The minimum atomic E-state index is -0.375. The topological polar surface area (TPSA) is 38.8 Å². The fraction of sp³-hybridized carbons (Fsp3) is 0.321. The lowest BCUT2D eigenvalue weighted by Crippen LogP contribution is -2.22. The number of Topliss-reactive ketones (excluding diaryl/α,β-unsaturated/α-hetero) is 1. The number of fused-ring (bicyclic) bond motifs is 1. The van der Waals surface area contributed by atoms with Crippen LogP contribution in [0.25, 0.3) is 11.1 Å². The number of rotatable bonds is 7. The molecule has 164 valence electrons. The lowest BCUT2D eigenvalue weighted by Gasteiger charge is -2.16. The molecule has 3 aromatic rings. The molecule has 1 heterocycles. The normalized spacial score (nSPS) is 15.8. The maximum atomic E-state index is 13.4. The van der Waals surface area contributed by atoms with Gasteiger partial charge in [-0.2, -0.15) is 0 Å². The van der Waals surface area contributed by atoms with Crippen molar-refractivity contribution in [2.75, 3.05) is 20.9 Å². The summed E-state index contributed by atoms with van der Waals surface area (Å²) in [6.07, 6.45) is 2.25. The Hall–Kier alpha value is -3.11. The number of hydrogen-bond acceptors (Lipinski definition) is 4. The fourth-order valence-electron chi connectivity index (χ4n) is 4.65. The van der Waals surface area contributed by atoms with E-state index >= 15 is 0 Å². The zero-order valence-corrected chi connectivity index (χ0v) is 19.0. The van der Waals surface area contributed by atoms with Gasteiger partial charge in [0.15, 0.2) is 11.5 Å². The van der Waals surface area contributed by atoms with Crippen molar-refractivity contribution in [1.29, 1.82) is 0 Å². The average molecular weight is 428 g/mol. The number of carbonyl (C=O) groups is 1. The first-order valence-corrected chi connectivity index (χ1v) is 11.2. The second-order valence-corrected chi connectivity index (χ2v) is 9.33. The van der Waals surface area contributed by atoms with Gasteiger partial charge >= 0.3 is 0 Å². The largest absolute Gasteiger partial charge is 0.454 e. The fourth-order valence-corrected chi connectivity index (χ4v) is 4.65. The zero-order valence-electron chi connectivity index (χ0n) is 19.0. The van der Waals surface area contributed by atoms with Crippen LogP contribution in [0.4, 0.5) is 0 Å². The monoisotopic (exact) mass is 427 g/mol. The first kappa shape index (κ1) is 20.8. The third kappa shape index (κ3) is 3.91. The summed E-state index contributed by atoms with van der Waals surface area (Å²) in [5.74, 6) is 1.79. The van der Waals surface area contributed by atoms with Crippen molar-refractivity contribution in [3.63, 3.8) is 0 Å². The zero-order chi connectivity index (χ0) is 22.3. The van der Waals surface area contributed by atoms with Crippen LogP contribution < -0.4 is 9.47 Å². The second-order valence-electron chi connectivity index (χ2n) is 9.33. The van der Waals surface area contributed by atoms with Crippen molar-refractivity contribution in [3.05, 3.63) is 82.9 Å². The molecular weight excluding hydrogens is 398 g/mol. The lowest BCUT2D eigenvalue weighted by atomic mass is 9.87. The summed E-state index contributed by atoms with van der Waals surface area (Å²) < 4.78 is 11.0. The van der Waals surface area contributed by atoms with E-state index in [1.807, 2.05) is 18.2 Å². The molecule has 0 radical (unpaired) electrons. The van der Waals surface area contributed by atoms with E-state index in [2.05, 4.69) is 68.4 Å². The van der Waals surface area contributed by atoms with Crippen molar-refractivity contribution in [3.8, 4) is 22.6 Å². The van der Waals surface area contributed by atoms with Crippen molar-refractivity contribution in [1.82, 2.24) is 4.90 Å². The molecule has 0 spiro atoms. The molecule has 4 heteroatoms. The Kier molecular flexibility index (Phi) is 5.26. The number of aryl methyl sites for hydroxylation is 1. The molecule has 1 fully saturated rings. The van der Waals surface area contributed by atoms with Gasteiger partial charge in [-0.3, -0.25) is 4.79 Å². The van der Waals surface area contributed by atoms with Gasteiger partial charge in [0.2, 0.25) is 6.79 Å². The Morgan fingerprint density at radius 3 is 2.34 bits per heavy atom. The van der Waals surface area contributed by atoms with E-state index in [0.717, 1.165) is 42.0 Å². The third-order valence-corrected chi connectivity index (χ3v) is 6.64. The number of ether oxygens (including phenoxy) is 2. The molecule has 0 saturated heterocycles. The van der Waals surface area contributed by atoms with Crippen molar-refractivity contribution >= 4 is 5.78 Å². The van der Waals surface area contributed by atoms with Gasteiger partial charge in [-0.1, -0.05) is 48.5 Å². The molecule has 0 amide bonds. The molecule has 0 aromatic heterocycles. The quantitative estimate of drug-likeness (QED) is 0.513. The number of carbonyl (C=O) groups excluding carboxylic acids is 1. The van der Waals surface area contributed by atoms with Gasteiger partial charge in [0, 0.05) is 13.0 Å². The van der Waals surface area contributed by atoms with E-state index in [0.29, 0.717) is 6.42 Å². The van der Waals surface area contributed by atoms with Crippen LogP contribution in [0, 0.1) is 6.92 Å². The first-order valence-electron chi connectivity index (χ1n) is 11.2. The van der Waals surface area contributed by atoms with Gasteiger partial charge in [-0.25, -0.2) is 0 Å². The van der Waals surface area contributed by atoms with Crippen LogP contribution in [0.1, 0.15) is 35.1 Å². The van der Waals surface area contributed by atoms with E-state index in [9.17, 15) is 4.79 Å². The molecule has 5 rings (SSSR count). The molecule has 1 aliphatic carbocycles. The van der Waals surface area contributed by atoms with Gasteiger partial charge in [0.05, 0.1) is 5.41 Å². The van der Waals surface area contributed by atoms with Gasteiger partial charge in [0.1, 0.15) is 5.78 Å². The molecule has 1 saturated carbocycles. The molecule has 2 aliphatic rings. The summed E-state index contributed by atoms with van der Waals surface area (Å²) >= 11 is 0. The summed E-state index contributed by atoms with van der Waals surface area (Å²) in [5, 5.41) is 0. The molecule has 0 N–H and O–H groups in total. The highest BCUT2D eigenvalue weighted by atomic mass is 16.7. The Labute approximate surface area is 189 Å². The van der Waals surface area contributed by atoms with Crippen LogP contribution in [-0.4, -0.2) is 31.6 Å². The molecule has 3 aromatic carbocycles. The van der Waals surface area contributed by atoms with Crippen LogP contribution in [0.2, 0.25) is 0 Å². The highest BCUT2D eigenvalue weighted by Crippen LogP contribution is 2.51. The molecule has 0 bridgehead atoms. The maximum absolute atomic E-state index is 13.4. The average Bonchev–Trinajstić information content (AvgIpc) is 3.46. The summed E-state index contributed by atoms with van der Waals surface area (Å²) in [5.41, 5.74) is 6.65. The van der Waals surface area contributed by atoms with E-state index in [-0.39, 0.29) is 18.0 Å². The van der Waals surface area contributed by atoms with Crippen molar-refractivity contribution in [2.24, 2.45) is 0 Å². The van der Waals surface area contributed by atoms with Crippen molar-refractivity contribution in [2.45, 2.75) is 38.1 Å². The van der Waals surface area contributed by atoms with Gasteiger partial charge in [-0.15, -0.1) is 0 Å². The molecule has 4 nitrogen and oxygen atoms in total. The summed E-state index contributed by atoms with van der Waals surface area (Å²) in [7, 11) is 4.16. The van der Waals surface area contributed by atoms with Crippen LogP contribution in [-0.2, 0) is 23.2 Å². The minimum absolute atomic E-state index is 0.252. The van der Waals surface area contributed by atoms with Crippen LogP contribution in [0.15, 0.2) is 60.7 Å². The second kappa shape index (κ2) is 8.10. The Bertz CT molecular complexity index is 1160. The molecule has 0 unspecified atom stereocenters. The maximum Gasteiger partial charge on any atom is 0.231 e. The Balaban J connectivity index is 1.36. The first-order chi connectivity index (χ1) is 15.4. The lowest BCUT2D eigenvalue weighted by molar-refractivity contribution is -0.120. The van der Waals surface area contributed by atoms with Gasteiger partial charge in [0.25, 0.3) is 0 Å². The number of nitrogens with zero attached hydrogens (tertiary/aromatic N) is 1. The highest BCUT2D eigenvalue weighted by molar-refractivity contribution is 5.95. The number of benzene rings is 3. The SMILES string of the molecule is Cc1ccc(CC(=O)C2(c3ccc4c(c3)OCO4)CC2)cc1-c1ccc(CN(C)C)cc1. The molecular formula is C28H29NO3. The van der Waals surface area contributed by atoms with Crippen molar-refractivity contribution < 1.29 is 14.3 Å². The van der Waals surface area contributed by atoms with Crippen LogP contribution in [0.5, 0.6) is 11.5 Å². The van der Waals surface area contributed by atoms with Crippen LogP contribution >= 0.6 is 0 Å². The molecule has 1 aliphatic heterocycles. The van der Waals surface area contributed by atoms with Gasteiger partial charge in [-0.05, 0) is 79.4 Å². The van der Waals surface area contributed by atoms with E-state index in [1.54, 1.807) is 0 Å². The van der Waals surface area contributed by atoms with Gasteiger partial charge < -0.3 is 14.4 Å². The highest BCUT2D eigenvalue weighted by Gasteiger charge is 2.50. The number of hydrogen-bond donors (Lipinski definition) is 0. The Morgan fingerprint density at radius 1 is 0.906 bits per heavy atom. The van der Waals surface area contributed by atoms with E-state index in [1.165, 1.54) is 22.3 Å². The van der Waals surface area contributed by atoms with E-state index < -0.39 is 0 Å².